The highest BCUT2D eigenvalue weighted by Crippen LogP contribution is 2.16. The fourth-order valence-electron chi connectivity index (χ4n) is 2.56. The van der Waals surface area contributed by atoms with Crippen LogP contribution in [0.4, 0.5) is 11.4 Å². The van der Waals surface area contributed by atoms with Crippen LogP contribution in [0, 0.1) is 27.7 Å². The molecule has 0 aliphatic heterocycles. The van der Waals surface area contributed by atoms with Gasteiger partial charge in [-0.3, -0.25) is 4.79 Å². The summed E-state index contributed by atoms with van der Waals surface area (Å²) < 4.78 is 0. The normalized spacial score (nSPS) is 10.4. The van der Waals surface area contributed by atoms with Gasteiger partial charge in [0, 0.05) is 24.3 Å². The Labute approximate surface area is 132 Å². The Hall–Kier alpha value is -2.29. The lowest BCUT2D eigenvalue weighted by atomic mass is 10.1. The molecule has 2 rings (SSSR count). The fourth-order valence-corrected chi connectivity index (χ4v) is 2.56. The fraction of sp³-hybridized carbons (Fsp3) is 0.316. The van der Waals surface area contributed by atoms with Crippen LogP contribution in [0.1, 0.15) is 28.7 Å². The van der Waals surface area contributed by atoms with Crippen molar-refractivity contribution < 1.29 is 4.79 Å². The smallest absolute Gasteiger partial charge is 0.226 e. The molecule has 2 aromatic rings. The maximum absolute atomic E-state index is 12.0. The zero-order valence-corrected chi connectivity index (χ0v) is 13.8. The van der Waals surface area contributed by atoms with E-state index in [0.29, 0.717) is 13.0 Å². The number of rotatable bonds is 5. The van der Waals surface area contributed by atoms with Crippen LogP contribution in [0.25, 0.3) is 0 Å². The number of hydrogen-bond donors (Lipinski definition) is 2. The van der Waals surface area contributed by atoms with E-state index < -0.39 is 0 Å². The summed E-state index contributed by atoms with van der Waals surface area (Å²) in [5.74, 6) is 0.0313. The number of carbonyl (C=O) groups excluding carboxylic acids is 1. The molecule has 0 saturated carbocycles. The third kappa shape index (κ3) is 4.62. The number of carbonyl (C=O) groups is 1. The lowest BCUT2D eigenvalue weighted by molar-refractivity contribution is -0.115. The predicted octanol–water partition coefficient (Wildman–Crippen LogP) is 4.36. The van der Waals surface area contributed by atoms with Gasteiger partial charge in [0.2, 0.25) is 5.91 Å². The van der Waals surface area contributed by atoms with E-state index in [1.54, 1.807) is 0 Å². The largest absolute Gasteiger partial charge is 0.385 e. The Balaban J connectivity index is 1.85. The first-order valence-corrected chi connectivity index (χ1v) is 7.63. The molecule has 2 aromatic carbocycles. The molecule has 0 aliphatic rings. The summed E-state index contributed by atoms with van der Waals surface area (Å²) in [5, 5.41) is 6.27. The molecule has 0 saturated heterocycles. The highest BCUT2D eigenvalue weighted by molar-refractivity contribution is 5.91. The van der Waals surface area contributed by atoms with E-state index in [-0.39, 0.29) is 5.91 Å². The van der Waals surface area contributed by atoms with Crippen LogP contribution in [0.2, 0.25) is 0 Å². The molecular weight excluding hydrogens is 272 g/mol. The molecule has 0 atom stereocenters. The van der Waals surface area contributed by atoms with Crippen molar-refractivity contribution in [2.24, 2.45) is 0 Å². The minimum atomic E-state index is 0.0313. The van der Waals surface area contributed by atoms with E-state index in [0.717, 1.165) is 16.9 Å². The molecule has 0 spiro atoms. The molecular formula is C19H24N2O. The monoisotopic (exact) mass is 296 g/mol. The third-order valence-corrected chi connectivity index (χ3v) is 3.56. The number of aryl methyl sites for hydroxylation is 4. The molecule has 0 fully saturated rings. The zero-order valence-electron chi connectivity index (χ0n) is 13.8. The third-order valence-electron chi connectivity index (χ3n) is 3.56. The lowest BCUT2D eigenvalue weighted by Gasteiger charge is -2.11. The molecule has 2 N–H and O–H groups in total. The van der Waals surface area contributed by atoms with Crippen LogP contribution < -0.4 is 10.6 Å². The number of hydrogen-bond acceptors (Lipinski definition) is 2. The van der Waals surface area contributed by atoms with Crippen LogP contribution in [-0.4, -0.2) is 12.5 Å². The van der Waals surface area contributed by atoms with E-state index >= 15 is 0 Å². The summed E-state index contributed by atoms with van der Waals surface area (Å²) >= 11 is 0. The topological polar surface area (TPSA) is 41.1 Å². The molecule has 0 unspecified atom stereocenters. The van der Waals surface area contributed by atoms with Crippen molar-refractivity contribution in [1.82, 2.24) is 0 Å². The average molecular weight is 296 g/mol. The van der Waals surface area contributed by atoms with Gasteiger partial charge >= 0.3 is 0 Å². The van der Waals surface area contributed by atoms with Crippen molar-refractivity contribution in [3.05, 3.63) is 58.7 Å². The Morgan fingerprint density at radius 1 is 0.909 bits per heavy atom. The average Bonchev–Trinajstić information content (AvgIpc) is 2.41. The van der Waals surface area contributed by atoms with Crippen molar-refractivity contribution in [1.29, 1.82) is 0 Å². The minimum Gasteiger partial charge on any atom is -0.385 e. The molecule has 22 heavy (non-hydrogen) atoms. The highest BCUT2D eigenvalue weighted by atomic mass is 16.1. The van der Waals surface area contributed by atoms with Gasteiger partial charge in [0.05, 0.1) is 0 Å². The molecule has 0 bridgehead atoms. The minimum absolute atomic E-state index is 0.0313. The number of benzene rings is 2. The van der Waals surface area contributed by atoms with Gasteiger partial charge in [-0.25, -0.2) is 0 Å². The standard InChI is InChI=1S/C19H24N2O/c1-13-5-6-18(16(4)10-13)21-19(22)7-8-20-17-11-14(2)9-15(3)12-17/h5-6,9-12,20H,7-8H2,1-4H3,(H,21,22). The predicted molar refractivity (Wildman–Crippen MR) is 93.6 cm³/mol. The first-order valence-electron chi connectivity index (χ1n) is 7.63. The highest BCUT2D eigenvalue weighted by Gasteiger charge is 2.05. The van der Waals surface area contributed by atoms with Gasteiger partial charge in [-0.1, -0.05) is 23.8 Å². The van der Waals surface area contributed by atoms with E-state index in [4.69, 9.17) is 0 Å². The van der Waals surface area contributed by atoms with Crippen molar-refractivity contribution in [3.8, 4) is 0 Å². The second kappa shape index (κ2) is 7.12. The molecule has 0 heterocycles. The summed E-state index contributed by atoms with van der Waals surface area (Å²) in [6, 6.07) is 12.4. The first-order chi connectivity index (χ1) is 10.4. The van der Waals surface area contributed by atoms with Gasteiger partial charge in [0.1, 0.15) is 0 Å². The van der Waals surface area contributed by atoms with Crippen LogP contribution in [0.15, 0.2) is 36.4 Å². The molecule has 0 radical (unpaired) electrons. The molecule has 1 amide bonds. The van der Waals surface area contributed by atoms with E-state index in [9.17, 15) is 4.79 Å². The second-order valence-electron chi connectivity index (χ2n) is 5.92. The number of nitrogens with one attached hydrogen (secondary N) is 2. The van der Waals surface area contributed by atoms with Crippen molar-refractivity contribution >= 4 is 17.3 Å². The maximum Gasteiger partial charge on any atom is 0.226 e. The Morgan fingerprint density at radius 3 is 2.23 bits per heavy atom. The Kier molecular flexibility index (Phi) is 5.21. The summed E-state index contributed by atoms with van der Waals surface area (Å²) in [6.45, 7) is 8.83. The van der Waals surface area contributed by atoms with Gasteiger partial charge in [0.25, 0.3) is 0 Å². The number of anilines is 2. The van der Waals surface area contributed by atoms with Crippen LogP contribution in [0.3, 0.4) is 0 Å². The molecule has 3 heteroatoms. The van der Waals surface area contributed by atoms with Crippen molar-refractivity contribution in [3.63, 3.8) is 0 Å². The zero-order chi connectivity index (χ0) is 16.1. The summed E-state index contributed by atoms with van der Waals surface area (Å²) in [5.41, 5.74) is 6.70. The van der Waals surface area contributed by atoms with Crippen molar-refractivity contribution in [2.45, 2.75) is 34.1 Å². The van der Waals surface area contributed by atoms with Gasteiger partial charge in [-0.15, -0.1) is 0 Å². The van der Waals surface area contributed by atoms with Crippen molar-refractivity contribution in [2.75, 3.05) is 17.2 Å². The molecule has 0 aliphatic carbocycles. The van der Waals surface area contributed by atoms with Crippen LogP contribution in [0.5, 0.6) is 0 Å². The SMILES string of the molecule is Cc1cc(C)cc(NCCC(=O)Nc2ccc(C)cc2C)c1. The van der Waals surface area contributed by atoms with E-state index in [1.165, 1.54) is 16.7 Å². The second-order valence-corrected chi connectivity index (χ2v) is 5.92. The Bertz CT molecular complexity index is 657. The van der Waals surface area contributed by atoms with Crippen LogP contribution >= 0.6 is 0 Å². The van der Waals surface area contributed by atoms with Gasteiger partial charge < -0.3 is 10.6 Å². The van der Waals surface area contributed by atoms with Gasteiger partial charge in [-0.05, 0) is 62.6 Å². The quantitative estimate of drug-likeness (QED) is 0.860. The van der Waals surface area contributed by atoms with Crippen LogP contribution in [-0.2, 0) is 4.79 Å². The molecule has 3 nitrogen and oxygen atoms in total. The number of amides is 1. The summed E-state index contributed by atoms with van der Waals surface area (Å²) in [7, 11) is 0. The van der Waals surface area contributed by atoms with E-state index in [1.807, 2.05) is 26.0 Å². The first kappa shape index (κ1) is 16.1. The molecule has 0 aromatic heterocycles. The van der Waals surface area contributed by atoms with E-state index in [2.05, 4.69) is 48.7 Å². The lowest BCUT2D eigenvalue weighted by Crippen LogP contribution is -2.16. The summed E-state index contributed by atoms with van der Waals surface area (Å²) in [4.78, 5) is 12.0. The molecule has 116 valence electrons. The van der Waals surface area contributed by atoms with Gasteiger partial charge in [-0.2, -0.15) is 0 Å². The Morgan fingerprint density at radius 2 is 1.59 bits per heavy atom. The van der Waals surface area contributed by atoms with Gasteiger partial charge in [0.15, 0.2) is 0 Å². The summed E-state index contributed by atoms with van der Waals surface area (Å²) in [6.07, 6.45) is 0.445. The maximum atomic E-state index is 12.0.